The standard InChI is InChI=1S/C32H27N3O5/c1-37-29-19-26-27(20-30(29)38-2)33-18-17-28(26)40-25-15-13-24(14-16-25)34-32(36)31(23-11-7-4-8-12-23)35-39-21-22-9-5-3-6-10-22/h3-20H,21H2,1-2H3,(H,34,36). The van der Waals surface area contributed by atoms with Crippen LogP contribution in [0.4, 0.5) is 5.69 Å². The minimum atomic E-state index is -0.394. The van der Waals surface area contributed by atoms with Gasteiger partial charge in [-0.25, -0.2) is 0 Å². The number of methoxy groups -OCH3 is 2. The van der Waals surface area contributed by atoms with Crippen LogP contribution >= 0.6 is 0 Å². The molecule has 0 saturated heterocycles. The maximum atomic E-state index is 13.2. The van der Waals surface area contributed by atoms with Crippen molar-refractivity contribution in [1.82, 2.24) is 4.98 Å². The molecule has 0 aliphatic carbocycles. The van der Waals surface area contributed by atoms with Crippen molar-refractivity contribution in [1.29, 1.82) is 0 Å². The van der Waals surface area contributed by atoms with Gasteiger partial charge in [-0.1, -0.05) is 65.8 Å². The van der Waals surface area contributed by atoms with E-state index in [1.54, 1.807) is 56.8 Å². The molecular formula is C32H27N3O5. The van der Waals surface area contributed by atoms with Gasteiger partial charge in [0.2, 0.25) is 0 Å². The molecule has 1 amide bonds. The van der Waals surface area contributed by atoms with E-state index >= 15 is 0 Å². The fourth-order valence-corrected chi connectivity index (χ4v) is 4.03. The van der Waals surface area contributed by atoms with Gasteiger partial charge >= 0.3 is 0 Å². The number of amides is 1. The average Bonchev–Trinajstić information content (AvgIpc) is 3.00. The van der Waals surface area contributed by atoms with E-state index in [9.17, 15) is 4.79 Å². The number of hydrogen-bond acceptors (Lipinski definition) is 7. The van der Waals surface area contributed by atoms with E-state index in [0.717, 1.165) is 10.9 Å². The smallest absolute Gasteiger partial charge is 0.278 e. The number of fused-ring (bicyclic) bond motifs is 1. The summed E-state index contributed by atoms with van der Waals surface area (Å²) in [5.74, 6) is 1.97. The van der Waals surface area contributed by atoms with E-state index in [-0.39, 0.29) is 12.3 Å². The fourth-order valence-electron chi connectivity index (χ4n) is 4.03. The molecule has 8 heteroatoms. The number of carbonyl (C=O) groups is 1. The summed E-state index contributed by atoms with van der Waals surface area (Å²) < 4.78 is 17.0. The Morgan fingerprint density at radius 1 is 0.800 bits per heavy atom. The summed E-state index contributed by atoms with van der Waals surface area (Å²) in [6.45, 7) is 0.249. The van der Waals surface area contributed by atoms with Gasteiger partial charge in [-0.3, -0.25) is 9.78 Å². The zero-order valence-corrected chi connectivity index (χ0v) is 22.0. The van der Waals surface area contributed by atoms with Gasteiger partial charge in [0.1, 0.15) is 18.1 Å². The Hall–Kier alpha value is -5.37. The molecule has 1 heterocycles. The van der Waals surface area contributed by atoms with Crippen LogP contribution in [0.15, 0.2) is 114 Å². The number of oxime groups is 1. The molecule has 0 spiro atoms. The normalized spacial score (nSPS) is 11.1. The number of benzene rings is 4. The van der Waals surface area contributed by atoms with E-state index in [2.05, 4.69) is 15.5 Å². The first kappa shape index (κ1) is 26.2. The number of carbonyl (C=O) groups excluding carboxylic acids is 1. The zero-order valence-electron chi connectivity index (χ0n) is 22.0. The predicted molar refractivity (Wildman–Crippen MR) is 154 cm³/mol. The van der Waals surface area contributed by atoms with Crippen LogP contribution in [0.1, 0.15) is 11.1 Å². The van der Waals surface area contributed by atoms with Crippen LogP contribution in [0.2, 0.25) is 0 Å². The molecule has 0 aliphatic heterocycles. The number of hydrogen-bond donors (Lipinski definition) is 1. The minimum absolute atomic E-state index is 0.171. The molecule has 40 heavy (non-hydrogen) atoms. The number of ether oxygens (including phenoxy) is 3. The van der Waals surface area contributed by atoms with E-state index in [4.69, 9.17) is 19.0 Å². The van der Waals surface area contributed by atoms with Crippen molar-refractivity contribution in [3.63, 3.8) is 0 Å². The summed E-state index contributed by atoms with van der Waals surface area (Å²) in [6.07, 6.45) is 1.67. The lowest BCUT2D eigenvalue weighted by Crippen LogP contribution is -2.24. The highest BCUT2D eigenvalue weighted by molar-refractivity contribution is 6.48. The van der Waals surface area contributed by atoms with Gasteiger partial charge in [0.15, 0.2) is 17.2 Å². The number of pyridine rings is 1. The van der Waals surface area contributed by atoms with Gasteiger partial charge in [0.25, 0.3) is 5.91 Å². The first-order chi connectivity index (χ1) is 19.6. The number of anilines is 1. The third-order valence-corrected chi connectivity index (χ3v) is 6.04. The van der Waals surface area contributed by atoms with Crippen molar-refractivity contribution in [3.05, 3.63) is 120 Å². The Bertz CT molecular complexity index is 1620. The highest BCUT2D eigenvalue weighted by Gasteiger charge is 2.16. The van der Waals surface area contributed by atoms with Crippen molar-refractivity contribution in [2.24, 2.45) is 5.16 Å². The van der Waals surface area contributed by atoms with Crippen LogP contribution in [0, 0.1) is 0 Å². The molecule has 0 unspecified atom stereocenters. The summed E-state index contributed by atoms with van der Waals surface area (Å²) in [4.78, 5) is 23.1. The van der Waals surface area contributed by atoms with Crippen LogP contribution in [-0.2, 0) is 16.2 Å². The summed E-state index contributed by atoms with van der Waals surface area (Å²) in [5.41, 5.74) is 3.06. The van der Waals surface area contributed by atoms with Gasteiger partial charge in [0, 0.05) is 28.9 Å². The maximum absolute atomic E-state index is 13.2. The molecule has 0 radical (unpaired) electrons. The van der Waals surface area contributed by atoms with Crippen LogP contribution in [0.3, 0.4) is 0 Å². The molecule has 0 atom stereocenters. The second kappa shape index (κ2) is 12.4. The molecule has 1 N–H and O–H groups in total. The van der Waals surface area contributed by atoms with Gasteiger partial charge in [-0.05, 0) is 42.0 Å². The van der Waals surface area contributed by atoms with Crippen LogP contribution in [-0.4, -0.2) is 30.8 Å². The van der Waals surface area contributed by atoms with Crippen LogP contribution in [0.25, 0.3) is 10.9 Å². The van der Waals surface area contributed by atoms with E-state index in [1.807, 2.05) is 66.7 Å². The second-order valence-electron chi connectivity index (χ2n) is 8.68. The van der Waals surface area contributed by atoms with Gasteiger partial charge in [0.05, 0.1) is 19.7 Å². The molecule has 0 bridgehead atoms. The fraction of sp³-hybridized carbons (Fsp3) is 0.0938. The summed E-state index contributed by atoms with van der Waals surface area (Å²) in [7, 11) is 3.16. The van der Waals surface area contributed by atoms with Crippen LogP contribution in [0.5, 0.6) is 23.0 Å². The molecular weight excluding hydrogens is 506 g/mol. The van der Waals surface area contributed by atoms with Gasteiger partial charge in [-0.2, -0.15) is 0 Å². The van der Waals surface area contributed by atoms with Crippen molar-refractivity contribution < 1.29 is 23.8 Å². The molecule has 0 aliphatic rings. The Kier molecular flexibility index (Phi) is 8.17. The van der Waals surface area contributed by atoms with E-state index in [0.29, 0.717) is 39.8 Å². The lowest BCUT2D eigenvalue weighted by atomic mass is 10.1. The lowest BCUT2D eigenvalue weighted by Gasteiger charge is -2.13. The first-order valence-electron chi connectivity index (χ1n) is 12.5. The maximum Gasteiger partial charge on any atom is 0.278 e. The number of aromatic nitrogens is 1. The lowest BCUT2D eigenvalue weighted by molar-refractivity contribution is -0.110. The number of nitrogens with one attached hydrogen (secondary N) is 1. The van der Waals surface area contributed by atoms with Crippen molar-refractivity contribution in [2.75, 3.05) is 19.5 Å². The summed E-state index contributed by atoms with van der Waals surface area (Å²) in [6, 6.07) is 31.3. The SMILES string of the molecule is COc1cc2nccc(Oc3ccc(NC(=O)C(=NOCc4ccccc4)c4ccccc4)cc3)c2cc1OC. The third-order valence-electron chi connectivity index (χ3n) is 6.04. The zero-order chi connectivity index (χ0) is 27.7. The molecule has 0 saturated carbocycles. The van der Waals surface area contributed by atoms with Crippen molar-refractivity contribution in [2.45, 2.75) is 6.61 Å². The van der Waals surface area contributed by atoms with E-state index < -0.39 is 5.91 Å². The Morgan fingerprint density at radius 3 is 2.17 bits per heavy atom. The molecule has 5 rings (SSSR count). The van der Waals surface area contributed by atoms with Crippen LogP contribution < -0.4 is 19.5 Å². The van der Waals surface area contributed by atoms with Crippen molar-refractivity contribution >= 4 is 28.2 Å². The monoisotopic (exact) mass is 533 g/mol. The summed E-state index contributed by atoms with van der Waals surface area (Å²) >= 11 is 0. The largest absolute Gasteiger partial charge is 0.493 e. The first-order valence-corrected chi connectivity index (χ1v) is 12.5. The topological polar surface area (TPSA) is 91.3 Å². The highest BCUT2D eigenvalue weighted by Crippen LogP contribution is 2.37. The molecule has 0 fully saturated rings. The number of rotatable bonds is 10. The van der Waals surface area contributed by atoms with Crippen molar-refractivity contribution in [3.8, 4) is 23.0 Å². The Labute approximate surface area is 231 Å². The number of nitrogens with zero attached hydrogens (tertiary/aromatic N) is 2. The average molecular weight is 534 g/mol. The molecule has 200 valence electrons. The molecule has 5 aromatic rings. The minimum Gasteiger partial charge on any atom is -0.493 e. The molecule has 4 aromatic carbocycles. The quantitative estimate of drug-likeness (QED) is 0.161. The highest BCUT2D eigenvalue weighted by atomic mass is 16.6. The predicted octanol–water partition coefficient (Wildman–Crippen LogP) is 6.60. The Balaban J connectivity index is 1.31. The second-order valence-corrected chi connectivity index (χ2v) is 8.68. The Morgan fingerprint density at radius 2 is 1.48 bits per heavy atom. The van der Waals surface area contributed by atoms with E-state index in [1.165, 1.54) is 0 Å². The molecule has 1 aromatic heterocycles. The van der Waals surface area contributed by atoms with Gasteiger partial charge in [-0.15, -0.1) is 0 Å². The summed E-state index contributed by atoms with van der Waals surface area (Å²) in [5, 5.41) is 7.84. The van der Waals surface area contributed by atoms with Gasteiger partial charge < -0.3 is 24.4 Å². The molecule has 8 nitrogen and oxygen atoms in total. The third kappa shape index (κ3) is 6.19.